The molecule has 1 aliphatic carbocycles. The van der Waals surface area contributed by atoms with Crippen LogP contribution in [0.5, 0.6) is 5.75 Å². The van der Waals surface area contributed by atoms with Crippen LogP contribution in [0, 0.1) is 5.92 Å². The van der Waals surface area contributed by atoms with E-state index in [-0.39, 0.29) is 33.8 Å². The van der Waals surface area contributed by atoms with Crippen molar-refractivity contribution in [2.24, 2.45) is 5.92 Å². The molecule has 1 saturated carbocycles. The molecule has 2 heterocycles. The highest BCUT2D eigenvalue weighted by molar-refractivity contribution is 7.92. The number of aromatic nitrogens is 2. The number of ether oxygens (including phenoxy) is 1. The van der Waals surface area contributed by atoms with Gasteiger partial charge in [0.15, 0.2) is 5.75 Å². The number of hydrogen-bond acceptors (Lipinski definition) is 6. The van der Waals surface area contributed by atoms with Gasteiger partial charge in [0.25, 0.3) is 10.0 Å². The van der Waals surface area contributed by atoms with Crippen LogP contribution in [0.25, 0.3) is 10.8 Å². The molecule has 0 aliphatic heterocycles. The Kier molecular flexibility index (Phi) is 6.20. The van der Waals surface area contributed by atoms with Gasteiger partial charge in [-0.2, -0.15) is 0 Å². The first-order valence-corrected chi connectivity index (χ1v) is 12.6. The molecule has 1 fully saturated rings. The highest BCUT2D eigenvalue weighted by Gasteiger charge is 2.44. The zero-order valence-corrected chi connectivity index (χ0v) is 19.8. The van der Waals surface area contributed by atoms with Gasteiger partial charge < -0.3 is 10.1 Å². The van der Waals surface area contributed by atoms with Crippen LogP contribution in [-0.4, -0.2) is 30.7 Å². The summed E-state index contributed by atoms with van der Waals surface area (Å²) in [6, 6.07) is 15.7. The highest BCUT2D eigenvalue weighted by atomic mass is 32.2. The van der Waals surface area contributed by atoms with Gasteiger partial charge in [0.05, 0.1) is 11.1 Å². The molecule has 1 aliphatic rings. The topological polar surface area (TPSA) is 110 Å². The van der Waals surface area contributed by atoms with Gasteiger partial charge >= 0.3 is 6.36 Å². The van der Waals surface area contributed by atoms with Gasteiger partial charge in [0, 0.05) is 34.8 Å². The van der Waals surface area contributed by atoms with Gasteiger partial charge in [0.2, 0.25) is 5.91 Å². The van der Waals surface area contributed by atoms with Gasteiger partial charge in [-0.05, 0) is 54.3 Å². The Balaban J connectivity index is 1.25. The van der Waals surface area contributed by atoms with Crippen molar-refractivity contribution < 1.29 is 31.1 Å². The fraction of sp³-hybridized carbons (Fsp3) is 0.160. The Bertz CT molecular complexity index is 1560. The number of alkyl halides is 3. The van der Waals surface area contributed by atoms with E-state index in [1.165, 1.54) is 36.7 Å². The number of amides is 1. The minimum Gasteiger partial charge on any atom is -0.403 e. The van der Waals surface area contributed by atoms with E-state index >= 15 is 0 Å². The van der Waals surface area contributed by atoms with E-state index in [4.69, 9.17) is 0 Å². The van der Waals surface area contributed by atoms with Crippen molar-refractivity contribution in [1.82, 2.24) is 9.97 Å². The zero-order valence-electron chi connectivity index (χ0n) is 18.9. The number of nitrogens with one attached hydrogen (secondary N) is 2. The van der Waals surface area contributed by atoms with Crippen LogP contribution in [0.3, 0.4) is 0 Å². The maximum absolute atomic E-state index is 12.8. The van der Waals surface area contributed by atoms with E-state index < -0.39 is 22.1 Å². The summed E-state index contributed by atoms with van der Waals surface area (Å²) >= 11 is 0. The van der Waals surface area contributed by atoms with Crippen molar-refractivity contribution in [2.75, 3.05) is 10.0 Å². The van der Waals surface area contributed by atoms with E-state index in [0.717, 1.165) is 11.8 Å². The number of nitrogens with zero attached hydrogens (tertiary/aromatic N) is 2. The Hall–Kier alpha value is -4.19. The smallest absolute Gasteiger partial charge is 0.403 e. The third-order valence-electron chi connectivity index (χ3n) is 5.87. The molecule has 2 N–H and O–H groups in total. The number of hydrogen-bond donors (Lipinski definition) is 2. The first-order chi connectivity index (χ1) is 17.6. The molecule has 5 rings (SSSR count). The molecule has 8 nitrogen and oxygen atoms in total. The largest absolute Gasteiger partial charge is 0.573 e. The first-order valence-electron chi connectivity index (χ1n) is 11.1. The molecule has 12 heteroatoms. The number of pyridine rings is 2. The second-order valence-corrected chi connectivity index (χ2v) is 10.1. The third-order valence-corrected chi connectivity index (χ3v) is 7.24. The summed E-state index contributed by atoms with van der Waals surface area (Å²) < 4.78 is 69.8. The number of sulfonamides is 1. The van der Waals surface area contributed by atoms with Crippen molar-refractivity contribution in [3.63, 3.8) is 0 Å². The van der Waals surface area contributed by atoms with Crippen LogP contribution < -0.4 is 14.8 Å². The van der Waals surface area contributed by atoms with E-state index in [1.807, 2.05) is 0 Å². The minimum atomic E-state index is -4.88. The van der Waals surface area contributed by atoms with Crippen LogP contribution in [0.4, 0.5) is 24.7 Å². The zero-order chi connectivity index (χ0) is 26.2. The summed E-state index contributed by atoms with van der Waals surface area (Å²) in [6.07, 6.45) is -0.474. The Morgan fingerprint density at radius 2 is 1.81 bits per heavy atom. The molecule has 0 radical (unpaired) electrons. The average Bonchev–Trinajstić information content (AvgIpc) is 3.65. The number of halogens is 3. The van der Waals surface area contributed by atoms with Gasteiger partial charge in [-0.15, -0.1) is 13.2 Å². The summed E-state index contributed by atoms with van der Waals surface area (Å²) in [5.74, 6) is -1.00. The normalized spacial score (nSPS) is 17.3. The van der Waals surface area contributed by atoms with Crippen LogP contribution >= 0.6 is 0 Å². The number of anilines is 2. The van der Waals surface area contributed by atoms with Crippen LogP contribution in [0.2, 0.25) is 0 Å². The lowest BCUT2D eigenvalue weighted by molar-refractivity contribution is -0.274. The molecule has 4 aromatic rings. The third kappa shape index (κ3) is 5.64. The molecular formula is C25H19F3N4O4S. The molecule has 2 atom stereocenters. The second-order valence-electron chi connectivity index (χ2n) is 8.45. The average molecular weight is 529 g/mol. The monoisotopic (exact) mass is 528 g/mol. The fourth-order valence-corrected chi connectivity index (χ4v) is 5.03. The first kappa shape index (κ1) is 24.5. The molecule has 0 bridgehead atoms. The van der Waals surface area contributed by atoms with Gasteiger partial charge in [-0.25, -0.2) is 13.4 Å². The second kappa shape index (κ2) is 9.36. The SMILES string of the molecule is O=C(Nc1ccc2cncc(OC(F)(F)F)c2c1)[C@@H]1C[C@H]1c1ccc(S(=O)(=O)Nc2ccccn2)cc1. The molecular weight excluding hydrogens is 509 g/mol. The van der Waals surface area contributed by atoms with E-state index in [2.05, 4.69) is 24.7 Å². The molecule has 0 spiro atoms. The maximum Gasteiger partial charge on any atom is 0.573 e. The molecule has 37 heavy (non-hydrogen) atoms. The number of fused-ring (bicyclic) bond motifs is 1. The van der Waals surface area contributed by atoms with Crippen molar-refractivity contribution in [3.05, 3.63) is 84.8 Å². The molecule has 190 valence electrons. The maximum atomic E-state index is 12.8. The Labute approximate surface area is 209 Å². The van der Waals surface area contributed by atoms with Gasteiger partial charge in [-0.3, -0.25) is 14.5 Å². The molecule has 1 amide bonds. The number of carbonyl (C=O) groups is 1. The fourth-order valence-electron chi connectivity index (χ4n) is 4.02. The van der Waals surface area contributed by atoms with Crippen molar-refractivity contribution in [2.45, 2.75) is 23.6 Å². The Morgan fingerprint density at radius 1 is 1.03 bits per heavy atom. The van der Waals surface area contributed by atoms with Crippen molar-refractivity contribution in [1.29, 1.82) is 0 Å². The van der Waals surface area contributed by atoms with Crippen LogP contribution in [0.1, 0.15) is 17.9 Å². The van der Waals surface area contributed by atoms with E-state index in [1.54, 1.807) is 36.4 Å². The quantitative estimate of drug-likeness (QED) is 0.347. The van der Waals surface area contributed by atoms with Crippen LogP contribution in [0.15, 0.2) is 84.1 Å². The molecule has 0 unspecified atom stereocenters. The minimum absolute atomic E-state index is 0.0612. The number of carbonyl (C=O) groups excluding carboxylic acids is 1. The number of benzene rings is 2. The van der Waals surface area contributed by atoms with Gasteiger partial charge in [-0.1, -0.05) is 24.3 Å². The number of rotatable bonds is 7. The predicted octanol–water partition coefficient (Wildman–Crippen LogP) is 5.07. The standard InChI is InChI=1S/C25H19F3N4O4S/c26-25(27,28)36-22-14-29-13-16-4-7-17(11-20(16)22)31-24(33)21-12-19(21)15-5-8-18(9-6-15)37(34,35)32-23-3-1-2-10-30-23/h1-11,13-14,19,21H,12H2,(H,30,32)(H,31,33)/t19-,21+/m0/s1. The van der Waals surface area contributed by atoms with E-state index in [9.17, 15) is 26.4 Å². The lowest BCUT2D eigenvalue weighted by atomic mass is 10.1. The summed E-state index contributed by atoms with van der Waals surface area (Å²) in [4.78, 5) is 20.6. The van der Waals surface area contributed by atoms with E-state index in [0.29, 0.717) is 17.5 Å². The lowest BCUT2D eigenvalue weighted by Crippen LogP contribution is -2.17. The predicted molar refractivity (Wildman–Crippen MR) is 129 cm³/mol. The van der Waals surface area contributed by atoms with Crippen LogP contribution in [-0.2, 0) is 14.8 Å². The summed E-state index contributed by atoms with van der Waals surface area (Å²) in [5.41, 5.74) is 1.13. The van der Waals surface area contributed by atoms with Crippen molar-refractivity contribution >= 4 is 38.2 Å². The van der Waals surface area contributed by atoms with Gasteiger partial charge in [0.1, 0.15) is 5.82 Å². The summed E-state index contributed by atoms with van der Waals surface area (Å²) in [5, 5.41) is 3.33. The van der Waals surface area contributed by atoms with Crippen molar-refractivity contribution in [3.8, 4) is 5.75 Å². The molecule has 2 aromatic carbocycles. The lowest BCUT2D eigenvalue weighted by Gasteiger charge is -2.12. The Morgan fingerprint density at radius 3 is 2.51 bits per heavy atom. The summed E-state index contributed by atoms with van der Waals surface area (Å²) in [7, 11) is -3.82. The molecule has 2 aromatic heterocycles. The molecule has 0 saturated heterocycles. The summed E-state index contributed by atoms with van der Waals surface area (Å²) in [6.45, 7) is 0. The highest BCUT2D eigenvalue weighted by Crippen LogP contribution is 2.48.